The van der Waals surface area contributed by atoms with E-state index in [1.807, 2.05) is 0 Å². The second-order valence-corrected chi connectivity index (χ2v) is 13.2. The van der Waals surface area contributed by atoms with Crippen molar-refractivity contribution < 1.29 is 28.1 Å². The highest BCUT2D eigenvalue weighted by Gasteiger charge is 2.36. The fourth-order valence-corrected chi connectivity index (χ4v) is 2.95. The van der Waals surface area contributed by atoms with Gasteiger partial charge in [0.1, 0.15) is 0 Å². The van der Waals surface area contributed by atoms with Gasteiger partial charge in [0.15, 0.2) is 8.32 Å². The Hall–Kier alpha value is 0.707. The number of alkyl halides is 1. The van der Waals surface area contributed by atoms with Crippen LogP contribution >= 0.6 is 22.6 Å². The van der Waals surface area contributed by atoms with Crippen LogP contribution in [-0.4, -0.2) is 85.4 Å². The molecule has 8 heteroatoms. The molecule has 0 N–H and O–H groups in total. The van der Waals surface area contributed by atoms with Gasteiger partial charge in [-0.15, -0.1) is 0 Å². The van der Waals surface area contributed by atoms with Crippen molar-refractivity contribution in [3.63, 3.8) is 0 Å². The lowest BCUT2D eigenvalue weighted by atomic mass is 10.2. The van der Waals surface area contributed by atoms with Gasteiger partial charge in [0.25, 0.3) is 0 Å². The Morgan fingerprint density at radius 3 is 1.19 bits per heavy atom. The highest BCUT2D eigenvalue weighted by atomic mass is 127. The average molecular weight is 506 g/mol. The molecule has 0 aliphatic rings. The van der Waals surface area contributed by atoms with Crippen LogP contribution in [0, 0.1) is 0 Å². The monoisotopic (exact) mass is 506 g/mol. The lowest BCUT2D eigenvalue weighted by Gasteiger charge is -2.36. The predicted molar refractivity (Wildman–Crippen MR) is 116 cm³/mol. The van der Waals surface area contributed by atoms with Crippen LogP contribution in [-0.2, 0) is 28.1 Å². The van der Waals surface area contributed by atoms with Crippen LogP contribution in [0.25, 0.3) is 0 Å². The molecular formula is C18H39IO6Si. The van der Waals surface area contributed by atoms with Gasteiger partial charge in [-0.05, 0) is 18.1 Å². The molecule has 0 spiro atoms. The first-order valence-electron chi connectivity index (χ1n) is 9.40. The standard InChI is InChI=1S/C18H39IO6Si/c1-18(2,3)26(4,5)25-17-16-24-15-14-23-13-12-22-11-10-21-9-8-20-7-6-19/h6-17H2,1-5H3. The van der Waals surface area contributed by atoms with E-state index < -0.39 is 8.32 Å². The molecule has 0 saturated carbocycles. The number of hydrogen-bond acceptors (Lipinski definition) is 6. The fourth-order valence-electron chi connectivity index (χ4n) is 1.61. The molecule has 0 amide bonds. The third kappa shape index (κ3) is 15.7. The maximum Gasteiger partial charge on any atom is 0.192 e. The molecule has 0 aliphatic carbocycles. The molecule has 6 nitrogen and oxygen atoms in total. The molecule has 0 heterocycles. The van der Waals surface area contributed by atoms with Crippen LogP contribution in [0.1, 0.15) is 20.8 Å². The fraction of sp³-hybridized carbons (Fsp3) is 1.00. The molecule has 0 saturated heterocycles. The van der Waals surface area contributed by atoms with Crippen molar-refractivity contribution in [1.82, 2.24) is 0 Å². The summed E-state index contributed by atoms with van der Waals surface area (Å²) in [4.78, 5) is 0. The maximum atomic E-state index is 6.05. The van der Waals surface area contributed by atoms with Gasteiger partial charge in [0, 0.05) is 4.43 Å². The lowest BCUT2D eigenvalue weighted by Crippen LogP contribution is -2.41. The van der Waals surface area contributed by atoms with Crippen LogP contribution in [0.5, 0.6) is 0 Å². The van der Waals surface area contributed by atoms with E-state index in [1.165, 1.54) is 0 Å². The van der Waals surface area contributed by atoms with E-state index in [-0.39, 0.29) is 5.04 Å². The summed E-state index contributed by atoms with van der Waals surface area (Å²) in [7, 11) is -1.66. The van der Waals surface area contributed by atoms with Gasteiger partial charge in [0.05, 0.1) is 72.7 Å². The second-order valence-electron chi connectivity index (χ2n) is 7.36. The summed E-state index contributed by atoms with van der Waals surface area (Å²) < 4.78 is 34.2. The van der Waals surface area contributed by atoms with E-state index in [0.29, 0.717) is 66.1 Å². The van der Waals surface area contributed by atoms with Crippen molar-refractivity contribution in [1.29, 1.82) is 0 Å². The van der Waals surface area contributed by atoms with E-state index in [0.717, 1.165) is 11.0 Å². The van der Waals surface area contributed by atoms with Crippen molar-refractivity contribution in [3.8, 4) is 0 Å². The minimum Gasteiger partial charge on any atom is -0.414 e. The van der Waals surface area contributed by atoms with E-state index in [9.17, 15) is 0 Å². The number of halogens is 1. The largest absolute Gasteiger partial charge is 0.414 e. The van der Waals surface area contributed by atoms with Gasteiger partial charge >= 0.3 is 0 Å². The lowest BCUT2D eigenvalue weighted by molar-refractivity contribution is -0.0120. The summed E-state index contributed by atoms with van der Waals surface area (Å²) in [5.41, 5.74) is 0. The Morgan fingerprint density at radius 2 is 0.885 bits per heavy atom. The summed E-state index contributed by atoms with van der Waals surface area (Å²) in [5.74, 6) is 0. The molecule has 0 rings (SSSR count). The third-order valence-electron chi connectivity index (χ3n) is 4.21. The summed E-state index contributed by atoms with van der Waals surface area (Å²) in [6.07, 6.45) is 0. The number of ether oxygens (including phenoxy) is 5. The van der Waals surface area contributed by atoms with Crippen molar-refractivity contribution in [2.75, 3.05) is 77.1 Å². The molecule has 0 bridgehead atoms. The molecule has 0 atom stereocenters. The molecule has 26 heavy (non-hydrogen) atoms. The van der Waals surface area contributed by atoms with Crippen LogP contribution < -0.4 is 0 Å². The second kappa shape index (κ2) is 16.6. The van der Waals surface area contributed by atoms with E-state index >= 15 is 0 Å². The zero-order chi connectivity index (χ0) is 19.7. The van der Waals surface area contributed by atoms with Gasteiger partial charge in [0.2, 0.25) is 0 Å². The minimum absolute atomic E-state index is 0.240. The normalized spacial score (nSPS) is 12.7. The van der Waals surface area contributed by atoms with Crippen molar-refractivity contribution in [3.05, 3.63) is 0 Å². The Kier molecular flexibility index (Phi) is 17.1. The smallest absolute Gasteiger partial charge is 0.192 e. The zero-order valence-corrected chi connectivity index (χ0v) is 20.5. The summed E-state index contributed by atoms with van der Waals surface area (Å²) >= 11 is 2.28. The Morgan fingerprint density at radius 1 is 0.577 bits per heavy atom. The molecular weight excluding hydrogens is 467 g/mol. The van der Waals surface area contributed by atoms with Gasteiger partial charge in [-0.3, -0.25) is 0 Å². The first-order chi connectivity index (χ1) is 12.3. The van der Waals surface area contributed by atoms with Crippen molar-refractivity contribution in [2.24, 2.45) is 0 Å². The van der Waals surface area contributed by atoms with E-state index in [1.54, 1.807) is 0 Å². The Balaban J connectivity index is 3.21. The zero-order valence-electron chi connectivity index (χ0n) is 17.3. The maximum absolute atomic E-state index is 6.05. The molecule has 0 radical (unpaired) electrons. The summed E-state index contributed by atoms with van der Waals surface area (Å²) in [6.45, 7) is 18.0. The highest BCUT2D eigenvalue weighted by Crippen LogP contribution is 2.36. The molecule has 0 aromatic rings. The Bertz CT molecular complexity index is 313. The van der Waals surface area contributed by atoms with Crippen LogP contribution in [0.3, 0.4) is 0 Å². The van der Waals surface area contributed by atoms with Crippen LogP contribution in [0.4, 0.5) is 0 Å². The predicted octanol–water partition coefficient (Wildman–Crippen LogP) is 3.53. The van der Waals surface area contributed by atoms with Gasteiger partial charge in [-0.1, -0.05) is 43.4 Å². The first-order valence-corrected chi connectivity index (χ1v) is 13.8. The summed E-state index contributed by atoms with van der Waals surface area (Å²) in [5, 5.41) is 0.240. The Labute approximate surface area is 174 Å². The van der Waals surface area contributed by atoms with Gasteiger partial charge < -0.3 is 28.1 Å². The van der Waals surface area contributed by atoms with Crippen LogP contribution in [0.15, 0.2) is 0 Å². The number of rotatable bonds is 18. The SMILES string of the molecule is CC(C)(C)[Si](C)(C)OCCOCCOCCOCCOCCOCCI. The summed E-state index contributed by atoms with van der Waals surface area (Å²) in [6, 6.07) is 0. The third-order valence-corrected chi connectivity index (χ3v) is 9.18. The first kappa shape index (κ1) is 26.7. The van der Waals surface area contributed by atoms with Gasteiger partial charge in [-0.2, -0.15) is 0 Å². The van der Waals surface area contributed by atoms with Crippen LogP contribution in [0.2, 0.25) is 18.1 Å². The minimum atomic E-state index is -1.66. The molecule has 0 aromatic heterocycles. The molecule has 158 valence electrons. The van der Waals surface area contributed by atoms with Crippen molar-refractivity contribution >= 4 is 30.9 Å². The topological polar surface area (TPSA) is 55.4 Å². The average Bonchev–Trinajstić information content (AvgIpc) is 2.56. The van der Waals surface area contributed by atoms with E-state index in [4.69, 9.17) is 28.1 Å². The van der Waals surface area contributed by atoms with Gasteiger partial charge in [-0.25, -0.2) is 0 Å². The van der Waals surface area contributed by atoms with E-state index in [2.05, 4.69) is 56.5 Å². The molecule has 0 aromatic carbocycles. The molecule has 0 unspecified atom stereocenters. The molecule has 0 aliphatic heterocycles. The highest BCUT2D eigenvalue weighted by molar-refractivity contribution is 14.1. The quantitative estimate of drug-likeness (QED) is 0.123. The van der Waals surface area contributed by atoms with Crippen molar-refractivity contribution in [2.45, 2.75) is 38.9 Å². The molecule has 0 fully saturated rings. The number of hydrogen-bond donors (Lipinski definition) is 0.